The second-order valence-corrected chi connectivity index (χ2v) is 6.89. The molecule has 2 aliphatic heterocycles. The van der Waals surface area contributed by atoms with E-state index < -0.39 is 36.5 Å². The fourth-order valence-corrected chi connectivity index (χ4v) is 3.75. The SMILES string of the molecule is [N-]=[N+]=N[C@]1(CO)O[C@@H](n2ccc(N3CCSCC3)nc2=O)[C@@H](F)C1O. The average Bonchev–Trinajstić information content (AvgIpc) is 2.88. The van der Waals surface area contributed by atoms with E-state index in [-0.39, 0.29) is 0 Å². The van der Waals surface area contributed by atoms with E-state index >= 15 is 0 Å². The normalized spacial score (nSPS) is 32.4. The number of hydrogen-bond donors (Lipinski definition) is 2. The molecule has 3 heterocycles. The van der Waals surface area contributed by atoms with Gasteiger partial charge in [0.1, 0.15) is 11.9 Å². The van der Waals surface area contributed by atoms with Crippen molar-refractivity contribution >= 4 is 17.6 Å². The van der Waals surface area contributed by atoms with Gasteiger partial charge in [0.2, 0.25) is 5.72 Å². The number of alkyl halides is 1. The van der Waals surface area contributed by atoms with Crippen LogP contribution in [0.15, 0.2) is 22.2 Å². The van der Waals surface area contributed by atoms with Crippen molar-refractivity contribution in [2.24, 2.45) is 5.11 Å². The predicted octanol–water partition coefficient (Wildman–Crippen LogP) is 0.0232. The maximum Gasteiger partial charge on any atom is 0.351 e. The molecule has 0 bridgehead atoms. The van der Waals surface area contributed by atoms with Crippen LogP contribution in [0.5, 0.6) is 0 Å². The number of thioether (sulfide) groups is 1. The van der Waals surface area contributed by atoms with Gasteiger partial charge in [0.05, 0.1) is 6.61 Å². The standard InChI is InChI=1S/C13H17FN6O4S/c14-9-10(22)13(7-21,17-18-15)24-11(9)20-2-1-8(16-12(20)23)19-3-5-25-6-4-19/h1-2,9-11,21-22H,3-7H2/t9-,10?,11+,13+/m0/s1. The summed E-state index contributed by atoms with van der Waals surface area (Å²) in [6.07, 6.45) is -4.22. The summed E-state index contributed by atoms with van der Waals surface area (Å²) in [5, 5.41) is 22.5. The summed E-state index contributed by atoms with van der Waals surface area (Å²) in [7, 11) is 0. The topological polar surface area (TPSA) is 137 Å². The van der Waals surface area contributed by atoms with Gasteiger partial charge in [0.25, 0.3) is 0 Å². The molecular weight excluding hydrogens is 355 g/mol. The predicted molar refractivity (Wildman–Crippen MR) is 88.0 cm³/mol. The summed E-state index contributed by atoms with van der Waals surface area (Å²) >= 11 is 1.81. The minimum atomic E-state index is -2.18. The molecule has 136 valence electrons. The van der Waals surface area contributed by atoms with E-state index in [9.17, 15) is 19.4 Å². The lowest BCUT2D eigenvalue weighted by atomic mass is 10.1. The Balaban J connectivity index is 1.89. The Labute approximate surface area is 145 Å². The molecule has 1 unspecified atom stereocenters. The second-order valence-electron chi connectivity index (χ2n) is 5.67. The van der Waals surface area contributed by atoms with Crippen LogP contribution in [0, 0.1) is 0 Å². The van der Waals surface area contributed by atoms with E-state index in [2.05, 4.69) is 15.0 Å². The average molecular weight is 372 g/mol. The number of azide groups is 1. The largest absolute Gasteiger partial charge is 0.393 e. The summed E-state index contributed by atoms with van der Waals surface area (Å²) in [6, 6.07) is 1.56. The maximum absolute atomic E-state index is 14.4. The Morgan fingerprint density at radius 1 is 1.56 bits per heavy atom. The van der Waals surface area contributed by atoms with E-state index in [0.717, 1.165) is 29.2 Å². The highest BCUT2D eigenvalue weighted by Gasteiger charge is 2.56. The van der Waals surface area contributed by atoms with Gasteiger partial charge in [0.15, 0.2) is 12.4 Å². The lowest BCUT2D eigenvalue weighted by Gasteiger charge is -2.27. The number of ether oxygens (including phenoxy) is 1. The summed E-state index contributed by atoms with van der Waals surface area (Å²) in [5.74, 6) is 2.35. The molecule has 12 heteroatoms. The Morgan fingerprint density at radius 3 is 2.88 bits per heavy atom. The molecule has 25 heavy (non-hydrogen) atoms. The number of aliphatic hydroxyl groups excluding tert-OH is 2. The van der Waals surface area contributed by atoms with Crippen LogP contribution in [0.25, 0.3) is 10.4 Å². The number of hydrogen-bond acceptors (Lipinski definition) is 8. The minimum absolute atomic E-state index is 0.485. The molecule has 2 fully saturated rings. The first-order chi connectivity index (χ1) is 12.0. The van der Waals surface area contributed by atoms with Crippen LogP contribution < -0.4 is 10.6 Å². The van der Waals surface area contributed by atoms with Crippen LogP contribution >= 0.6 is 11.8 Å². The Morgan fingerprint density at radius 2 is 2.28 bits per heavy atom. The van der Waals surface area contributed by atoms with Crippen molar-refractivity contribution < 1.29 is 19.3 Å². The third-order valence-corrected chi connectivity index (χ3v) is 5.17. The van der Waals surface area contributed by atoms with Crippen LogP contribution in [-0.4, -0.2) is 69.0 Å². The van der Waals surface area contributed by atoms with Gasteiger partial charge in [-0.15, -0.1) is 0 Å². The summed E-state index contributed by atoms with van der Waals surface area (Å²) in [5.41, 5.74) is 5.63. The molecular formula is C13H17FN6O4S. The first-order valence-corrected chi connectivity index (χ1v) is 8.77. The van der Waals surface area contributed by atoms with Crippen molar-refractivity contribution in [3.05, 3.63) is 33.2 Å². The maximum atomic E-state index is 14.4. The van der Waals surface area contributed by atoms with E-state index in [0.29, 0.717) is 5.82 Å². The van der Waals surface area contributed by atoms with Crippen LogP contribution in [-0.2, 0) is 4.74 Å². The fourth-order valence-electron chi connectivity index (χ4n) is 2.85. The summed E-state index contributed by atoms with van der Waals surface area (Å²) in [4.78, 5) is 20.7. The molecule has 0 saturated carbocycles. The monoisotopic (exact) mass is 372 g/mol. The fraction of sp³-hybridized carbons (Fsp3) is 0.692. The van der Waals surface area contributed by atoms with Crippen molar-refractivity contribution in [1.82, 2.24) is 9.55 Å². The zero-order valence-corrected chi connectivity index (χ0v) is 13.9. The molecule has 0 amide bonds. The number of nitrogens with zero attached hydrogens (tertiary/aromatic N) is 6. The number of halogens is 1. The number of aliphatic hydroxyl groups is 2. The Bertz CT molecular complexity index is 737. The lowest BCUT2D eigenvalue weighted by molar-refractivity contribution is -0.124. The molecule has 2 aliphatic rings. The highest BCUT2D eigenvalue weighted by atomic mass is 32.2. The van der Waals surface area contributed by atoms with Gasteiger partial charge in [-0.1, -0.05) is 5.11 Å². The van der Waals surface area contributed by atoms with Gasteiger partial charge < -0.3 is 19.8 Å². The van der Waals surface area contributed by atoms with Crippen LogP contribution in [0.2, 0.25) is 0 Å². The smallest absolute Gasteiger partial charge is 0.351 e. The first kappa shape index (κ1) is 18.0. The zero-order valence-electron chi connectivity index (χ0n) is 13.1. The second kappa shape index (κ2) is 7.18. The highest BCUT2D eigenvalue weighted by Crippen LogP contribution is 2.39. The molecule has 0 aliphatic carbocycles. The molecule has 0 spiro atoms. The molecule has 2 saturated heterocycles. The number of rotatable bonds is 4. The van der Waals surface area contributed by atoms with Gasteiger partial charge >= 0.3 is 5.69 Å². The van der Waals surface area contributed by atoms with Gasteiger partial charge in [0, 0.05) is 35.7 Å². The number of anilines is 1. The van der Waals surface area contributed by atoms with Crippen LogP contribution in [0.3, 0.4) is 0 Å². The highest BCUT2D eigenvalue weighted by molar-refractivity contribution is 7.99. The van der Waals surface area contributed by atoms with Crippen LogP contribution in [0.1, 0.15) is 6.23 Å². The van der Waals surface area contributed by atoms with Gasteiger partial charge in [-0.3, -0.25) is 4.57 Å². The Kier molecular flexibility index (Phi) is 5.16. The zero-order chi connectivity index (χ0) is 18.0. The first-order valence-electron chi connectivity index (χ1n) is 7.61. The molecule has 2 N–H and O–H groups in total. The van der Waals surface area contributed by atoms with Crippen molar-refractivity contribution in [3.8, 4) is 0 Å². The lowest BCUT2D eigenvalue weighted by Crippen LogP contribution is -2.43. The molecule has 1 aromatic heterocycles. The van der Waals surface area contributed by atoms with E-state index in [1.54, 1.807) is 6.07 Å². The third-order valence-electron chi connectivity index (χ3n) is 4.23. The van der Waals surface area contributed by atoms with Crippen molar-refractivity contribution in [3.63, 3.8) is 0 Å². The molecule has 3 rings (SSSR count). The van der Waals surface area contributed by atoms with E-state index in [1.807, 2.05) is 16.7 Å². The van der Waals surface area contributed by atoms with Crippen molar-refractivity contribution in [2.45, 2.75) is 24.2 Å². The van der Waals surface area contributed by atoms with Gasteiger partial charge in [-0.25, -0.2) is 9.18 Å². The summed E-state index contributed by atoms with van der Waals surface area (Å²) in [6.45, 7) is 0.590. The van der Waals surface area contributed by atoms with Crippen LogP contribution in [0.4, 0.5) is 10.2 Å². The molecule has 1 aromatic rings. The number of aromatic nitrogens is 2. The van der Waals surface area contributed by atoms with Crippen molar-refractivity contribution in [1.29, 1.82) is 0 Å². The Hall–Kier alpha value is -1.85. The van der Waals surface area contributed by atoms with Gasteiger partial charge in [-0.2, -0.15) is 16.7 Å². The minimum Gasteiger partial charge on any atom is -0.393 e. The van der Waals surface area contributed by atoms with E-state index in [1.165, 1.54) is 6.20 Å². The summed E-state index contributed by atoms with van der Waals surface area (Å²) < 4.78 is 20.5. The quantitative estimate of drug-likeness (QED) is 0.432. The molecule has 10 nitrogen and oxygen atoms in total. The van der Waals surface area contributed by atoms with E-state index in [4.69, 9.17) is 10.3 Å². The van der Waals surface area contributed by atoms with Gasteiger partial charge in [-0.05, 0) is 11.6 Å². The molecule has 4 atom stereocenters. The molecule has 0 aromatic carbocycles. The molecule has 0 radical (unpaired) electrons. The third kappa shape index (κ3) is 3.18. The van der Waals surface area contributed by atoms with Crippen molar-refractivity contribution in [2.75, 3.05) is 36.1 Å².